The summed E-state index contributed by atoms with van der Waals surface area (Å²) in [5.41, 5.74) is 4.97. The van der Waals surface area contributed by atoms with Gasteiger partial charge in [-0.15, -0.1) is 0 Å². The minimum absolute atomic E-state index is 0.429. The molecular weight excluding hydrogens is 290 g/mol. The molecule has 0 bridgehead atoms. The Kier molecular flexibility index (Phi) is 2.88. The lowest BCUT2D eigenvalue weighted by atomic mass is 10.1. The topological polar surface area (TPSA) is 95.2 Å². The second-order valence-electron chi connectivity index (χ2n) is 6.09. The molecule has 116 valence electrons. The summed E-state index contributed by atoms with van der Waals surface area (Å²) in [5, 5.41) is 17.9. The third-order valence-corrected chi connectivity index (χ3v) is 4.20. The predicted octanol–water partition coefficient (Wildman–Crippen LogP) is 2.80. The molecular formula is C16H17N7. The number of nitrogens with one attached hydrogen (secondary N) is 2. The predicted molar refractivity (Wildman–Crippen MR) is 86.5 cm³/mol. The van der Waals surface area contributed by atoms with E-state index in [1.807, 2.05) is 27.1 Å². The van der Waals surface area contributed by atoms with Gasteiger partial charge in [-0.25, -0.2) is 4.98 Å². The third kappa shape index (κ3) is 2.23. The first kappa shape index (κ1) is 13.8. The molecule has 0 spiro atoms. The number of hydrogen-bond acceptors (Lipinski definition) is 5. The van der Waals surface area contributed by atoms with E-state index in [0.717, 1.165) is 46.6 Å². The standard InChI is InChI=1S/C16H17N7/c1-8-11(6-17)13-14(10-4-5-10)20-16(21-15(13)18-8)19-12-7-23(3)22-9(12)2/h7,10H,4-5H2,1-3H3,(H2,18,19,20,21). The van der Waals surface area contributed by atoms with Crippen LogP contribution in [-0.2, 0) is 7.05 Å². The molecule has 1 saturated carbocycles. The van der Waals surface area contributed by atoms with E-state index >= 15 is 0 Å². The van der Waals surface area contributed by atoms with E-state index in [1.54, 1.807) is 4.68 Å². The van der Waals surface area contributed by atoms with Crippen molar-refractivity contribution in [2.45, 2.75) is 32.6 Å². The highest BCUT2D eigenvalue weighted by molar-refractivity contribution is 5.88. The van der Waals surface area contributed by atoms with E-state index in [4.69, 9.17) is 4.98 Å². The van der Waals surface area contributed by atoms with Crippen molar-refractivity contribution in [3.8, 4) is 6.07 Å². The molecule has 3 heterocycles. The fourth-order valence-corrected chi connectivity index (χ4v) is 2.93. The van der Waals surface area contributed by atoms with Crippen LogP contribution in [0.4, 0.5) is 11.6 Å². The molecule has 0 saturated heterocycles. The Balaban J connectivity index is 1.86. The molecule has 1 fully saturated rings. The zero-order valence-corrected chi connectivity index (χ0v) is 13.3. The molecule has 3 aromatic rings. The van der Waals surface area contributed by atoms with Crippen LogP contribution in [0.1, 0.15) is 41.4 Å². The molecule has 7 nitrogen and oxygen atoms in total. The van der Waals surface area contributed by atoms with Gasteiger partial charge < -0.3 is 10.3 Å². The Morgan fingerprint density at radius 2 is 2.13 bits per heavy atom. The van der Waals surface area contributed by atoms with Crippen molar-refractivity contribution in [3.63, 3.8) is 0 Å². The zero-order chi connectivity index (χ0) is 16.1. The zero-order valence-electron chi connectivity index (χ0n) is 13.3. The average Bonchev–Trinajstić information content (AvgIpc) is 3.22. The van der Waals surface area contributed by atoms with Crippen LogP contribution in [0, 0.1) is 25.2 Å². The van der Waals surface area contributed by atoms with Crippen LogP contribution < -0.4 is 5.32 Å². The van der Waals surface area contributed by atoms with Gasteiger partial charge in [0, 0.05) is 24.9 Å². The molecule has 3 aromatic heterocycles. The number of H-pyrrole nitrogens is 1. The molecule has 0 unspecified atom stereocenters. The molecule has 0 radical (unpaired) electrons. The summed E-state index contributed by atoms with van der Waals surface area (Å²) >= 11 is 0. The third-order valence-electron chi connectivity index (χ3n) is 4.20. The fourth-order valence-electron chi connectivity index (χ4n) is 2.93. The van der Waals surface area contributed by atoms with E-state index < -0.39 is 0 Å². The summed E-state index contributed by atoms with van der Waals surface area (Å²) in [6, 6.07) is 2.28. The van der Waals surface area contributed by atoms with E-state index in [2.05, 4.69) is 26.5 Å². The van der Waals surface area contributed by atoms with Crippen LogP contribution in [0.3, 0.4) is 0 Å². The van der Waals surface area contributed by atoms with E-state index in [9.17, 15) is 5.26 Å². The van der Waals surface area contributed by atoms with Crippen molar-refractivity contribution < 1.29 is 0 Å². The summed E-state index contributed by atoms with van der Waals surface area (Å²) in [4.78, 5) is 12.5. The summed E-state index contributed by atoms with van der Waals surface area (Å²) in [6.45, 7) is 3.84. The van der Waals surface area contributed by atoms with Gasteiger partial charge in [-0.05, 0) is 26.7 Å². The SMILES string of the molecule is Cc1nn(C)cc1Nc1nc(C2CC2)c2c(C#N)c(C)[nH]c2n1. The first-order valence-corrected chi connectivity index (χ1v) is 7.64. The number of nitrogens with zero attached hydrogens (tertiary/aromatic N) is 5. The molecule has 7 heteroatoms. The lowest BCUT2D eigenvalue weighted by Gasteiger charge is -2.07. The fraction of sp³-hybridized carbons (Fsp3) is 0.375. The van der Waals surface area contributed by atoms with E-state index in [0.29, 0.717) is 17.4 Å². The average molecular weight is 307 g/mol. The maximum atomic E-state index is 9.42. The van der Waals surface area contributed by atoms with Gasteiger partial charge >= 0.3 is 0 Å². The Labute approximate surface area is 133 Å². The monoisotopic (exact) mass is 307 g/mol. The number of aromatic nitrogens is 5. The maximum Gasteiger partial charge on any atom is 0.229 e. The van der Waals surface area contributed by atoms with Crippen molar-refractivity contribution in [1.29, 1.82) is 5.26 Å². The smallest absolute Gasteiger partial charge is 0.229 e. The number of hydrogen-bond donors (Lipinski definition) is 2. The van der Waals surface area contributed by atoms with Crippen LogP contribution in [0.5, 0.6) is 0 Å². The van der Waals surface area contributed by atoms with Crippen LogP contribution in [0.15, 0.2) is 6.20 Å². The summed E-state index contributed by atoms with van der Waals surface area (Å²) < 4.78 is 1.75. The Hall–Kier alpha value is -2.88. The van der Waals surface area contributed by atoms with Crippen LogP contribution in [0.2, 0.25) is 0 Å². The number of anilines is 2. The highest BCUT2D eigenvalue weighted by Crippen LogP contribution is 2.43. The normalized spacial score (nSPS) is 14.2. The van der Waals surface area contributed by atoms with Crippen molar-refractivity contribution in [2.75, 3.05) is 5.32 Å². The summed E-state index contributed by atoms with van der Waals surface area (Å²) in [6.07, 6.45) is 4.14. The van der Waals surface area contributed by atoms with Crippen molar-refractivity contribution >= 4 is 22.7 Å². The highest BCUT2D eigenvalue weighted by Gasteiger charge is 2.30. The van der Waals surface area contributed by atoms with Gasteiger partial charge in [-0.1, -0.05) is 0 Å². The minimum atomic E-state index is 0.429. The molecule has 4 rings (SSSR count). The number of aryl methyl sites for hydroxylation is 3. The molecule has 0 aromatic carbocycles. The Morgan fingerprint density at radius 3 is 2.74 bits per heavy atom. The van der Waals surface area contributed by atoms with Crippen LogP contribution in [0.25, 0.3) is 11.0 Å². The Morgan fingerprint density at radius 1 is 1.35 bits per heavy atom. The van der Waals surface area contributed by atoms with Crippen LogP contribution in [-0.4, -0.2) is 24.7 Å². The van der Waals surface area contributed by atoms with Gasteiger partial charge in [0.1, 0.15) is 11.7 Å². The minimum Gasteiger partial charge on any atom is -0.342 e. The first-order chi connectivity index (χ1) is 11.1. The second-order valence-corrected chi connectivity index (χ2v) is 6.09. The first-order valence-electron chi connectivity index (χ1n) is 7.64. The number of nitriles is 1. The molecule has 2 N–H and O–H groups in total. The lowest BCUT2D eigenvalue weighted by molar-refractivity contribution is 0.756. The number of fused-ring (bicyclic) bond motifs is 1. The van der Waals surface area contributed by atoms with Gasteiger partial charge in [0.05, 0.1) is 28.0 Å². The van der Waals surface area contributed by atoms with Crippen molar-refractivity contribution in [1.82, 2.24) is 24.7 Å². The number of rotatable bonds is 3. The molecule has 1 aliphatic carbocycles. The molecule has 1 aliphatic rings. The Bertz CT molecular complexity index is 953. The molecule has 0 aliphatic heterocycles. The number of aromatic amines is 1. The highest BCUT2D eigenvalue weighted by atomic mass is 15.3. The second kappa shape index (κ2) is 4.81. The molecule has 23 heavy (non-hydrogen) atoms. The maximum absolute atomic E-state index is 9.42. The van der Waals surface area contributed by atoms with Gasteiger partial charge in [-0.2, -0.15) is 15.3 Å². The quantitative estimate of drug-likeness (QED) is 0.775. The van der Waals surface area contributed by atoms with Gasteiger partial charge in [0.2, 0.25) is 5.95 Å². The van der Waals surface area contributed by atoms with Crippen molar-refractivity contribution in [3.05, 3.63) is 28.8 Å². The van der Waals surface area contributed by atoms with E-state index in [1.165, 1.54) is 0 Å². The van der Waals surface area contributed by atoms with Gasteiger partial charge in [0.25, 0.3) is 0 Å². The summed E-state index contributed by atoms with van der Waals surface area (Å²) in [5.74, 6) is 0.972. The van der Waals surface area contributed by atoms with Crippen LogP contribution >= 0.6 is 0 Å². The lowest BCUT2D eigenvalue weighted by Crippen LogP contribution is -2.01. The largest absolute Gasteiger partial charge is 0.342 e. The van der Waals surface area contributed by atoms with Gasteiger partial charge in [0.15, 0.2) is 0 Å². The van der Waals surface area contributed by atoms with E-state index in [-0.39, 0.29) is 0 Å². The molecule has 0 amide bonds. The molecule has 0 atom stereocenters. The summed E-state index contributed by atoms with van der Waals surface area (Å²) in [7, 11) is 1.88. The van der Waals surface area contributed by atoms with Crippen molar-refractivity contribution in [2.24, 2.45) is 7.05 Å². The van der Waals surface area contributed by atoms with Gasteiger partial charge in [-0.3, -0.25) is 4.68 Å².